The summed E-state index contributed by atoms with van der Waals surface area (Å²) in [5, 5.41) is 9.73. The number of ether oxygens (including phenoxy) is 1. The van der Waals surface area contributed by atoms with Crippen LogP contribution < -0.4 is 4.90 Å². The Morgan fingerprint density at radius 2 is 2.00 bits per heavy atom. The Bertz CT molecular complexity index is 783. The zero-order valence-electron chi connectivity index (χ0n) is 14.8. The molecule has 2 amide bonds. The van der Waals surface area contributed by atoms with Crippen molar-refractivity contribution >= 4 is 23.5 Å². The van der Waals surface area contributed by atoms with Crippen molar-refractivity contribution in [2.24, 2.45) is 17.3 Å². The summed E-state index contributed by atoms with van der Waals surface area (Å²) in [6.45, 7) is 1.48. The van der Waals surface area contributed by atoms with Crippen molar-refractivity contribution in [1.82, 2.24) is 4.90 Å². The van der Waals surface area contributed by atoms with E-state index in [0.717, 1.165) is 0 Å². The van der Waals surface area contributed by atoms with E-state index in [-0.39, 0.29) is 30.1 Å². The predicted molar refractivity (Wildman–Crippen MR) is 92.4 cm³/mol. The van der Waals surface area contributed by atoms with Gasteiger partial charge in [-0.15, -0.1) is 0 Å². The summed E-state index contributed by atoms with van der Waals surface area (Å²) in [5.74, 6) is -3.00. The molecule has 1 aromatic rings. The Kier molecular flexibility index (Phi) is 4.38. The molecule has 0 aliphatic carbocycles. The third-order valence-electron chi connectivity index (χ3n) is 6.09. The summed E-state index contributed by atoms with van der Waals surface area (Å²) in [5.41, 5.74) is -0.422. The van der Waals surface area contributed by atoms with Gasteiger partial charge in [-0.05, 0) is 37.1 Å². The Morgan fingerprint density at radius 3 is 2.67 bits per heavy atom. The minimum Gasteiger partial charge on any atom is -0.481 e. The van der Waals surface area contributed by atoms with Crippen molar-refractivity contribution < 1.29 is 28.6 Å². The van der Waals surface area contributed by atoms with Gasteiger partial charge < -0.3 is 19.6 Å². The number of likely N-dealkylation sites (tertiary alicyclic amines) is 1. The monoisotopic (exact) mass is 376 g/mol. The van der Waals surface area contributed by atoms with E-state index < -0.39 is 17.3 Å². The molecular weight excluding hydrogens is 355 g/mol. The topological polar surface area (TPSA) is 87.2 Å². The predicted octanol–water partition coefficient (Wildman–Crippen LogP) is 1.13. The standard InChI is InChI=1S/C19H21FN2O5/c20-13-1-3-14(4-2-13)22-7-5-15(17(22)24)16(23)21-9-12-10-27-8-6-19(12,11-21)18(25)26/h1-4,12,15H,5-11H2,(H,25,26)/t12-,15?,19+/m0/s1. The number of aliphatic carboxylic acids is 1. The molecule has 0 aromatic heterocycles. The van der Waals surface area contributed by atoms with Crippen LogP contribution in [0.4, 0.5) is 10.1 Å². The van der Waals surface area contributed by atoms with E-state index in [1.165, 1.54) is 34.1 Å². The van der Waals surface area contributed by atoms with Crippen molar-refractivity contribution in [3.63, 3.8) is 0 Å². The molecule has 3 aliphatic rings. The van der Waals surface area contributed by atoms with Crippen molar-refractivity contribution in [1.29, 1.82) is 0 Å². The normalized spacial score (nSPS) is 30.5. The third-order valence-corrected chi connectivity index (χ3v) is 6.09. The quantitative estimate of drug-likeness (QED) is 0.799. The van der Waals surface area contributed by atoms with E-state index in [2.05, 4.69) is 0 Å². The van der Waals surface area contributed by atoms with Crippen LogP contribution in [0.2, 0.25) is 0 Å². The maximum absolute atomic E-state index is 13.1. The van der Waals surface area contributed by atoms with Crippen LogP contribution >= 0.6 is 0 Å². The molecule has 144 valence electrons. The molecule has 27 heavy (non-hydrogen) atoms. The summed E-state index contributed by atoms with van der Waals surface area (Å²) in [6.07, 6.45) is 0.740. The van der Waals surface area contributed by atoms with E-state index in [0.29, 0.717) is 44.8 Å². The lowest BCUT2D eigenvalue weighted by molar-refractivity contribution is -0.157. The number of anilines is 1. The van der Waals surface area contributed by atoms with E-state index in [9.17, 15) is 23.9 Å². The van der Waals surface area contributed by atoms with Gasteiger partial charge in [0.05, 0.1) is 12.0 Å². The highest BCUT2D eigenvalue weighted by Gasteiger charge is 2.56. The smallest absolute Gasteiger partial charge is 0.311 e. The SMILES string of the molecule is O=C(C1CCN(c2ccc(F)cc2)C1=O)N1C[C@H]2COCC[C@@]2(C(=O)O)C1. The molecule has 3 fully saturated rings. The summed E-state index contributed by atoms with van der Waals surface area (Å²) >= 11 is 0. The first-order valence-electron chi connectivity index (χ1n) is 9.09. The minimum atomic E-state index is -0.980. The first kappa shape index (κ1) is 17.9. The van der Waals surface area contributed by atoms with Gasteiger partial charge in [-0.3, -0.25) is 14.4 Å². The number of amides is 2. The van der Waals surface area contributed by atoms with Crippen molar-refractivity contribution in [3.8, 4) is 0 Å². The first-order valence-corrected chi connectivity index (χ1v) is 9.09. The van der Waals surface area contributed by atoms with E-state index in [1.54, 1.807) is 0 Å². The van der Waals surface area contributed by atoms with Crippen LogP contribution in [-0.4, -0.2) is 60.6 Å². The second kappa shape index (κ2) is 6.60. The van der Waals surface area contributed by atoms with Gasteiger partial charge >= 0.3 is 5.97 Å². The highest BCUT2D eigenvalue weighted by Crippen LogP contribution is 2.43. The molecule has 7 nitrogen and oxygen atoms in total. The zero-order chi connectivity index (χ0) is 19.2. The number of fused-ring (bicyclic) bond motifs is 1. The van der Waals surface area contributed by atoms with Crippen molar-refractivity contribution in [2.75, 3.05) is 37.7 Å². The fourth-order valence-electron chi connectivity index (χ4n) is 4.47. The molecule has 0 saturated carbocycles. The summed E-state index contributed by atoms with van der Waals surface area (Å²) in [6, 6.07) is 5.58. The third kappa shape index (κ3) is 2.88. The number of hydrogen-bond acceptors (Lipinski definition) is 4. The molecule has 1 unspecified atom stereocenters. The van der Waals surface area contributed by atoms with Crippen molar-refractivity contribution in [3.05, 3.63) is 30.1 Å². The number of carbonyl (C=O) groups is 3. The maximum Gasteiger partial charge on any atom is 0.311 e. The number of carboxylic acid groups (broad SMARTS) is 1. The average Bonchev–Trinajstić information content (AvgIpc) is 3.24. The van der Waals surface area contributed by atoms with Crippen LogP contribution in [0.15, 0.2) is 24.3 Å². The lowest BCUT2D eigenvalue weighted by Crippen LogP contribution is -2.45. The van der Waals surface area contributed by atoms with Crippen LogP contribution in [0.25, 0.3) is 0 Å². The van der Waals surface area contributed by atoms with E-state index >= 15 is 0 Å². The van der Waals surface area contributed by atoms with Gasteiger partial charge in [-0.1, -0.05) is 0 Å². The number of rotatable bonds is 3. The van der Waals surface area contributed by atoms with Crippen LogP contribution in [0.1, 0.15) is 12.8 Å². The fourth-order valence-corrected chi connectivity index (χ4v) is 4.47. The number of hydrogen-bond donors (Lipinski definition) is 1. The van der Waals surface area contributed by atoms with Gasteiger partial charge in [-0.25, -0.2) is 4.39 Å². The van der Waals surface area contributed by atoms with Crippen LogP contribution in [0, 0.1) is 23.1 Å². The molecule has 1 N–H and O–H groups in total. The lowest BCUT2D eigenvalue weighted by atomic mass is 9.74. The first-order chi connectivity index (χ1) is 12.9. The second-order valence-electron chi connectivity index (χ2n) is 7.51. The van der Waals surface area contributed by atoms with Crippen LogP contribution in [0.5, 0.6) is 0 Å². The highest BCUT2D eigenvalue weighted by atomic mass is 19.1. The molecule has 8 heteroatoms. The van der Waals surface area contributed by atoms with Crippen LogP contribution in [0.3, 0.4) is 0 Å². The van der Waals surface area contributed by atoms with Crippen LogP contribution in [-0.2, 0) is 19.1 Å². The summed E-state index contributed by atoms with van der Waals surface area (Å²) in [4.78, 5) is 40.6. The number of benzene rings is 1. The number of carboxylic acids is 1. The fraction of sp³-hybridized carbons (Fsp3) is 0.526. The molecule has 3 heterocycles. The maximum atomic E-state index is 13.1. The average molecular weight is 376 g/mol. The number of nitrogens with zero attached hydrogens (tertiary/aromatic N) is 2. The largest absolute Gasteiger partial charge is 0.481 e. The Hall–Kier alpha value is -2.48. The Labute approximate surface area is 155 Å². The lowest BCUT2D eigenvalue weighted by Gasteiger charge is -2.33. The molecule has 3 saturated heterocycles. The van der Waals surface area contributed by atoms with E-state index in [4.69, 9.17) is 4.74 Å². The van der Waals surface area contributed by atoms with Gasteiger partial charge in [0.1, 0.15) is 11.7 Å². The molecule has 0 radical (unpaired) electrons. The highest BCUT2D eigenvalue weighted by molar-refractivity contribution is 6.09. The minimum absolute atomic E-state index is 0.121. The molecule has 1 aromatic carbocycles. The molecule has 4 rings (SSSR count). The van der Waals surface area contributed by atoms with Gasteiger partial charge in [0.25, 0.3) is 0 Å². The molecule has 3 atom stereocenters. The van der Waals surface area contributed by atoms with Crippen molar-refractivity contribution in [2.45, 2.75) is 12.8 Å². The van der Waals surface area contributed by atoms with E-state index in [1.807, 2.05) is 0 Å². The molecule has 0 bridgehead atoms. The number of carbonyl (C=O) groups excluding carboxylic acids is 2. The van der Waals surface area contributed by atoms with Gasteiger partial charge in [-0.2, -0.15) is 0 Å². The summed E-state index contributed by atoms with van der Waals surface area (Å²) in [7, 11) is 0. The van der Waals surface area contributed by atoms with Gasteiger partial charge in [0.2, 0.25) is 11.8 Å². The molecular formula is C19H21FN2O5. The number of halogens is 1. The Balaban J connectivity index is 1.50. The summed E-state index contributed by atoms with van der Waals surface area (Å²) < 4.78 is 18.5. The van der Waals surface area contributed by atoms with Gasteiger partial charge in [0, 0.05) is 37.8 Å². The second-order valence-corrected chi connectivity index (χ2v) is 7.51. The molecule has 0 spiro atoms. The zero-order valence-corrected chi connectivity index (χ0v) is 14.8. The Morgan fingerprint density at radius 1 is 1.26 bits per heavy atom. The van der Waals surface area contributed by atoms with Gasteiger partial charge in [0.15, 0.2) is 0 Å². The molecule has 3 aliphatic heterocycles.